The molecule has 0 radical (unpaired) electrons. The van der Waals surface area contributed by atoms with Crippen LogP contribution in [0, 0.1) is 11.8 Å². The molecule has 7 rings (SSSR count). The fraction of sp³-hybridized carbons (Fsp3) is 0.364. The van der Waals surface area contributed by atoms with Crippen molar-refractivity contribution in [3.8, 4) is 5.75 Å². The first kappa shape index (κ1) is 28.9. The van der Waals surface area contributed by atoms with Gasteiger partial charge in [-0.15, -0.1) is 5.10 Å². The van der Waals surface area contributed by atoms with Gasteiger partial charge in [0.2, 0.25) is 17.7 Å². The standard InChI is InChI=1S/C33H34N6O6/c1-2-44-22-14-12-21(13-15-22)35-30(41)27-26-16-17-33(45-26)28(27)32(43)39(25(18-40)20-8-4-3-5-9-20)29(33)31(42)34-19-38-24-11-7-6-10-23(24)36-37-38/h3-15,25-29,40H,2,16-19H2,1H3,(H,34,42)(H,35,41)/t25-,26-,27+,28+,29?,33?/m1/s1. The van der Waals surface area contributed by atoms with Crippen LogP contribution in [0.25, 0.3) is 11.0 Å². The van der Waals surface area contributed by atoms with Crippen LogP contribution in [-0.2, 0) is 25.8 Å². The van der Waals surface area contributed by atoms with E-state index in [1.165, 1.54) is 4.90 Å². The van der Waals surface area contributed by atoms with Gasteiger partial charge in [-0.3, -0.25) is 14.4 Å². The molecule has 2 bridgehead atoms. The van der Waals surface area contributed by atoms with Crippen molar-refractivity contribution >= 4 is 34.4 Å². The number of hydrogen-bond donors (Lipinski definition) is 3. The van der Waals surface area contributed by atoms with Gasteiger partial charge in [-0.2, -0.15) is 0 Å². The molecule has 12 nitrogen and oxygen atoms in total. The minimum atomic E-state index is -1.24. The predicted molar refractivity (Wildman–Crippen MR) is 163 cm³/mol. The Hall–Kier alpha value is -4.81. The van der Waals surface area contributed by atoms with Crippen molar-refractivity contribution in [2.45, 2.75) is 50.2 Å². The maximum absolute atomic E-state index is 14.5. The number of amides is 3. The molecule has 6 atom stereocenters. The zero-order valence-corrected chi connectivity index (χ0v) is 24.7. The Morgan fingerprint density at radius 1 is 1.07 bits per heavy atom. The van der Waals surface area contributed by atoms with Crippen LogP contribution in [0.3, 0.4) is 0 Å². The minimum absolute atomic E-state index is 0.0127. The highest BCUT2D eigenvalue weighted by Gasteiger charge is 2.75. The summed E-state index contributed by atoms with van der Waals surface area (Å²) in [4.78, 5) is 44.0. The number of nitrogens with one attached hydrogen (secondary N) is 2. The van der Waals surface area contributed by atoms with E-state index >= 15 is 0 Å². The smallest absolute Gasteiger partial charge is 0.247 e. The van der Waals surface area contributed by atoms with Gasteiger partial charge < -0.3 is 30.1 Å². The van der Waals surface area contributed by atoms with E-state index < -0.39 is 54.0 Å². The Kier molecular flexibility index (Phi) is 7.46. The summed E-state index contributed by atoms with van der Waals surface area (Å²) >= 11 is 0. The van der Waals surface area contributed by atoms with Crippen LogP contribution in [0.2, 0.25) is 0 Å². The van der Waals surface area contributed by atoms with E-state index in [2.05, 4.69) is 20.9 Å². The average Bonchev–Trinajstić information content (AvgIpc) is 3.81. The van der Waals surface area contributed by atoms with E-state index in [9.17, 15) is 19.5 Å². The van der Waals surface area contributed by atoms with Gasteiger partial charge in [0.05, 0.1) is 42.7 Å². The number of aromatic nitrogens is 3. The van der Waals surface area contributed by atoms with E-state index in [4.69, 9.17) is 9.47 Å². The van der Waals surface area contributed by atoms with Gasteiger partial charge in [-0.05, 0) is 61.7 Å². The lowest BCUT2D eigenvalue weighted by Crippen LogP contribution is -2.56. The maximum Gasteiger partial charge on any atom is 0.247 e. The number of carbonyl (C=O) groups is 3. The zero-order chi connectivity index (χ0) is 31.1. The van der Waals surface area contributed by atoms with E-state index in [-0.39, 0.29) is 12.6 Å². The first-order chi connectivity index (χ1) is 21.9. The van der Waals surface area contributed by atoms with Crippen LogP contribution in [0.5, 0.6) is 5.75 Å². The molecule has 2 unspecified atom stereocenters. The van der Waals surface area contributed by atoms with Crippen molar-refractivity contribution < 1.29 is 29.0 Å². The van der Waals surface area contributed by atoms with Crippen LogP contribution in [0.15, 0.2) is 78.9 Å². The monoisotopic (exact) mass is 610 g/mol. The topological polar surface area (TPSA) is 148 Å². The number of fused-ring (bicyclic) bond motifs is 2. The number of aliphatic hydroxyl groups excluding tert-OH is 1. The molecule has 4 aromatic rings. The summed E-state index contributed by atoms with van der Waals surface area (Å²) in [7, 11) is 0. The lowest BCUT2D eigenvalue weighted by molar-refractivity contribution is -0.145. The average molecular weight is 611 g/mol. The minimum Gasteiger partial charge on any atom is -0.494 e. The summed E-state index contributed by atoms with van der Waals surface area (Å²) in [5, 5.41) is 24.9. The number of likely N-dealkylation sites (tertiary alicyclic amines) is 1. The lowest BCUT2D eigenvalue weighted by Gasteiger charge is -2.36. The van der Waals surface area contributed by atoms with E-state index in [0.717, 1.165) is 5.52 Å². The molecule has 3 N–H and O–H groups in total. The fourth-order valence-electron chi connectivity index (χ4n) is 7.37. The molecule has 0 aliphatic carbocycles. The van der Waals surface area contributed by atoms with Crippen molar-refractivity contribution in [3.05, 3.63) is 84.4 Å². The highest BCUT2D eigenvalue weighted by molar-refractivity contribution is 6.02. The van der Waals surface area contributed by atoms with Gasteiger partial charge in [0.15, 0.2) is 0 Å². The van der Waals surface area contributed by atoms with Crippen molar-refractivity contribution in [2.24, 2.45) is 11.8 Å². The number of nitrogens with zero attached hydrogens (tertiary/aromatic N) is 4. The second-order valence-corrected chi connectivity index (χ2v) is 11.6. The SMILES string of the molecule is CCOc1ccc(NC(=O)[C@@H]2[C@H]3C(=O)N([C@H](CO)c4ccccc4)C(C(=O)NCn4nnc5ccccc54)C34CC[C@H]2O4)cc1. The maximum atomic E-state index is 14.5. The number of rotatable bonds is 10. The molecule has 0 saturated carbocycles. The molecule has 1 aromatic heterocycles. The molecule has 12 heteroatoms. The lowest BCUT2D eigenvalue weighted by atomic mass is 9.70. The van der Waals surface area contributed by atoms with Crippen LogP contribution in [0.1, 0.15) is 31.4 Å². The molecule has 3 amide bonds. The summed E-state index contributed by atoms with van der Waals surface area (Å²) < 4.78 is 13.6. The van der Waals surface area contributed by atoms with Gasteiger partial charge >= 0.3 is 0 Å². The van der Waals surface area contributed by atoms with Crippen LogP contribution < -0.4 is 15.4 Å². The quantitative estimate of drug-likeness (QED) is 0.248. The fourth-order valence-corrected chi connectivity index (χ4v) is 7.37. The Morgan fingerprint density at radius 3 is 2.58 bits per heavy atom. The molecule has 3 aliphatic heterocycles. The summed E-state index contributed by atoms with van der Waals surface area (Å²) in [5.74, 6) is -2.22. The first-order valence-corrected chi connectivity index (χ1v) is 15.2. The third kappa shape index (κ3) is 4.81. The number of hydrogen-bond acceptors (Lipinski definition) is 8. The number of carbonyl (C=O) groups excluding carboxylic acids is 3. The summed E-state index contributed by atoms with van der Waals surface area (Å²) in [6, 6.07) is 21.6. The number of para-hydroxylation sites is 1. The second kappa shape index (κ2) is 11.6. The Bertz CT molecular complexity index is 1730. The molecular weight excluding hydrogens is 576 g/mol. The largest absolute Gasteiger partial charge is 0.494 e. The summed E-state index contributed by atoms with van der Waals surface area (Å²) in [5.41, 5.74) is 1.44. The second-order valence-electron chi connectivity index (χ2n) is 11.6. The Balaban J connectivity index is 1.21. The third-order valence-corrected chi connectivity index (χ3v) is 9.24. The molecule has 232 valence electrons. The zero-order valence-electron chi connectivity index (χ0n) is 24.7. The van der Waals surface area contributed by atoms with Crippen LogP contribution in [-0.4, -0.2) is 73.7 Å². The van der Waals surface area contributed by atoms with Gasteiger partial charge in [-0.25, -0.2) is 4.68 Å². The molecule has 3 fully saturated rings. The number of ether oxygens (including phenoxy) is 2. The van der Waals surface area contributed by atoms with Crippen LogP contribution in [0.4, 0.5) is 5.69 Å². The van der Waals surface area contributed by atoms with Crippen molar-refractivity contribution in [1.82, 2.24) is 25.2 Å². The van der Waals surface area contributed by atoms with Gasteiger partial charge in [0.1, 0.15) is 29.6 Å². The predicted octanol–water partition coefficient (Wildman–Crippen LogP) is 2.65. The van der Waals surface area contributed by atoms with Crippen LogP contribution >= 0.6 is 0 Å². The molecule has 1 spiro atoms. The summed E-state index contributed by atoms with van der Waals surface area (Å²) in [6.07, 6.45) is 0.419. The van der Waals surface area contributed by atoms with Gasteiger partial charge in [0, 0.05) is 5.69 Å². The highest BCUT2D eigenvalue weighted by Crippen LogP contribution is 2.59. The van der Waals surface area contributed by atoms with E-state index in [0.29, 0.717) is 42.0 Å². The van der Waals surface area contributed by atoms with Crippen molar-refractivity contribution in [1.29, 1.82) is 0 Å². The molecule has 3 aromatic carbocycles. The van der Waals surface area contributed by atoms with E-state index in [1.807, 2.05) is 61.5 Å². The molecular formula is C33H34N6O6. The van der Waals surface area contributed by atoms with E-state index in [1.54, 1.807) is 28.9 Å². The third-order valence-electron chi connectivity index (χ3n) is 9.24. The number of aliphatic hydroxyl groups is 1. The normalized spacial score (nSPS) is 25.7. The Labute approximate surface area is 259 Å². The van der Waals surface area contributed by atoms with Gasteiger partial charge in [-0.1, -0.05) is 47.7 Å². The van der Waals surface area contributed by atoms with Crippen molar-refractivity contribution in [2.75, 3.05) is 18.5 Å². The summed E-state index contributed by atoms with van der Waals surface area (Å²) in [6.45, 7) is 2.02. The van der Waals surface area contributed by atoms with Gasteiger partial charge in [0.25, 0.3) is 0 Å². The highest BCUT2D eigenvalue weighted by atomic mass is 16.5. The molecule has 4 heterocycles. The molecule has 3 aliphatic rings. The first-order valence-electron chi connectivity index (χ1n) is 15.2. The molecule has 3 saturated heterocycles. The molecule has 45 heavy (non-hydrogen) atoms. The number of anilines is 1. The number of benzene rings is 3. The Morgan fingerprint density at radius 2 is 1.82 bits per heavy atom. The van der Waals surface area contributed by atoms with Crippen molar-refractivity contribution in [3.63, 3.8) is 0 Å².